The molecule has 0 saturated carbocycles. The van der Waals surface area contributed by atoms with Crippen LogP contribution in [0.25, 0.3) is 105 Å². The molecule has 0 unspecified atom stereocenters. The number of nitrogens with zero attached hydrogens (tertiary/aromatic N) is 5. The van der Waals surface area contributed by atoms with Gasteiger partial charge in [0.2, 0.25) is 0 Å². The van der Waals surface area contributed by atoms with E-state index in [-0.39, 0.29) is 0 Å². The number of ether oxygens (including phenoxy) is 2. The van der Waals surface area contributed by atoms with Gasteiger partial charge in [0.1, 0.15) is 0 Å². The first kappa shape index (κ1) is 57.1. The van der Waals surface area contributed by atoms with Crippen molar-refractivity contribution in [3.8, 4) is 62.6 Å². The quantitative estimate of drug-likeness (QED) is 0.173. The maximum Gasteiger partial charge on any atom is 0.151 e. The number of benzene rings is 14. The van der Waals surface area contributed by atoms with Gasteiger partial charge in [0.05, 0.1) is 61.7 Å². The molecule has 97 heavy (non-hydrogen) atoms. The van der Waals surface area contributed by atoms with E-state index in [0.717, 1.165) is 73.0 Å². The second kappa shape index (κ2) is 24.1. The van der Waals surface area contributed by atoms with Gasteiger partial charge in [-0.25, -0.2) is 0 Å². The lowest BCUT2D eigenvalue weighted by Crippen LogP contribution is -2.15. The molecule has 6 heterocycles. The van der Waals surface area contributed by atoms with Crippen LogP contribution in [0, 0.1) is 0 Å². The predicted molar refractivity (Wildman–Crippen MR) is 405 cm³/mol. The molecule has 0 amide bonds. The van der Waals surface area contributed by atoms with Crippen LogP contribution in [0.4, 0.5) is 34.1 Å². The Balaban J connectivity index is 0.000000117. The lowest BCUT2D eigenvalue weighted by molar-refractivity contribution is 0.477. The minimum absolute atomic E-state index is 0.849. The number of nitrogens with one attached hydrogen (secondary N) is 1. The Labute approximate surface area is 568 Å². The first-order valence-electron chi connectivity index (χ1n) is 32.6. The highest BCUT2D eigenvalue weighted by atomic mass is 79.9. The molecule has 18 aromatic rings. The molecule has 0 spiro atoms. The van der Waals surface area contributed by atoms with E-state index >= 15 is 0 Å². The normalized spacial score (nSPS) is 12.1. The molecule has 9 heteroatoms. The van der Waals surface area contributed by atoms with Gasteiger partial charge in [0, 0.05) is 70.7 Å². The van der Waals surface area contributed by atoms with Crippen LogP contribution in [-0.2, 0) is 0 Å². The Kier molecular flexibility index (Phi) is 14.2. The number of para-hydroxylation sites is 12. The number of H-pyrrole nitrogens is 1. The molecule has 0 aliphatic carbocycles. The summed E-state index contributed by atoms with van der Waals surface area (Å²) >= 11 is 3.55. The summed E-state index contributed by atoms with van der Waals surface area (Å²) in [6, 6.07) is 123. The monoisotopic (exact) mass is 1310 g/mol. The van der Waals surface area contributed by atoms with Crippen LogP contribution in [-0.4, -0.2) is 18.7 Å². The van der Waals surface area contributed by atoms with Crippen molar-refractivity contribution < 1.29 is 9.47 Å². The van der Waals surface area contributed by atoms with Gasteiger partial charge < -0.3 is 38.0 Å². The summed E-state index contributed by atoms with van der Waals surface area (Å²) in [7, 11) is 0. The van der Waals surface area contributed by atoms with Crippen molar-refractivity contribution in [2.45, 2.75) is 0 Å². The van der Waals surface area contributed by atoms with E-state index in [9.17, 15) is 0 Å². The lowest BCUT2D eigenvalue weighted by atomic mass is 10.1. The van der Waals surface area contributed by atoms with Gasteiger partial charge in [0.15, 0.2) is 23.0 Å². The molecule has 0 radical (unpaired) electrons. The maximum atomic E-state index is 6.28. The Bertz CT molecular complexity index is 5890. The minimum Gasteiger partial charge on any atom is -0.453 e. The highest BCUT2D eigenvalue weighted by Crippen LogP contribution is 2.52. The summed E-state index contributed by atoms with van der Waals surface area (Å²) in [6.45, 7) is 0. The standard InChI is InChI=1S/C44H29N3O.C26H18N2.C18H12BrNO/c1-3-13-30(14-4-1)41-29-36-38(45(41)31-15-5-2-6-16-31)28-27-35-34-17-7-8-18-37(34)47(44(35)36)33-25-23-32(24-26-33)46-39-19-9-11-21-42(39)48-43-22-12-10-20-40(43)46;1-3-9-18(10-4-1)25-17-22-24(28(25)19-11-5-2-6-12-19)16-15-21-20-13-7-8-14-23(20)27-26(21)22;19-13-6-5-7-14(12-13)20-15-8-1-3-10-17(15)21-18-11-4-2-9-16(18)20/h1-29H;1-17,27H;1-12H. The van der Waals surface area contributed by atoms with Crippen LogP contribution in [0.1, 0.15) is 0 Å². The third-order valence-corrected chi connectivity index (χ3v) is 19.0. The van der Waals surface area contributed by atoms with E-state index in [4.69, 9.17) is 9.47 Å². The van der Waals surface area contributed by atoms with E-state index in [0.29, 0.717) is 0 Å². The molecular formula is C88H59BrN6O2. The summed E-state index contributed by atoms with van der Waals surface area (Å²) in [5, 5.41) is 7.48. The number of anilines is 6. The summed E-state index contributed by atoms with van der Waals surface area (Å²) in [5.74, 6) is 3.44. The van der Waals surface area contributed by atoms with Crippen LogP contribution in [0.5, 0.6) is 23.0 Å². The van der Waals surface area contributed by atoms with Gasteiger partial charge in [-0.05, 0) is 163 Å². The summed E-state index contributed by atoms with van der Waals surface area (Å²) in [4.78, 5) is 8.16. The molecule has 0 saturated heterocycles. The van der Waals surface area contributed by atoms with Crippen LogP contribution in [0.2, 0.25) is 0 Å². The second-order valence-electron chi connectivity index (χ2n) is 24.2. The van der Waals surface area contributed by atoms with Crippen LogP contribution in [0.15, 0.2) is 356 Å². The van der Waals surface area contributed by atoms with Crippen molar-refractivity contribution in [1.29, 1.82) is 0 Å². The van der Waals surface area contributed by atoms with E-state index < -0.39 is 0 Å². The van der Waals surface area contributed by atoms with Crippen molar-refractivity contribution in [1.82, 2.24) is 18.7 Å². The molecule has 0 fully saturated rings. The van der Waals surface area contributed by atoms with Crippen molar-refractivity contribution in [2.24, 2.45) is 0 Å². The fourth-order valence-corrected chi connectivity index (χ4v) is 14.7. The zero-order chi connectivity index (χ0) is 64.3. The number of rotatable bonds is 7. The predicted octanol–water partition coefficient (Wildman–Crippen LogP) is 24.9. The van der Waals surface area contributed by atoms with E-state index in [2.05, 4.69) is 323 Å². The Hall–Kier alpha value is -12.6. The molecule has 0 atom stereocenters. The Morgan fingerprint density at radius 3 is 1.21 bits per heavy atom. The fraction of sp³-hybridized carbons (Fsp3) is 0. The second-order valence-corrected chi connectivity index (χ2v) is 25.1. The number of fused-ring (bicyclic) bond motifs is 14. The molecule has 20 rings (SSSR count). The van der Waals surface area contributed by atoms with E-state index in [1.807, 2.05) is 72.8 Å². The van der Waals surface area contributed by atoms with Gasteiger partial charge in [-0.15, -0.1) is 0 Å². The summed E-state index contributed by atoms with van der Waals surface area (Å²) in [6.07, 6.45) is 0. The van der Waals surface area contributed by atoms with Crippen molar-refractivity contribution >= 4 is 115 Å². The van der Waals surface area contributed by atoms with Gasteiger partial charge >= 0.3 is 0 Å². The molecule has 0 bridgehead atoms. The molecule has 2 aliphatic heterocycles. The average Bonchev–Trinajstić information content (AvgIpc) is 1.58. The Morgan fingerprint density at radius 2 is 0.660 bits per heavy atom. The first-order valence-corrected chi connectivity index (χ1v) is 33.4. The van der Waals surface area contributed by atoms with Crippen molar-refractivity contribution in [3.63, 3.8) is 0 Å². The third-order valence-electron chi connectivity index (χ3n) is 18.5. The number of halogens is 1. The first-order chi connectivity index (χ1) is 48.1. The molecule has 4 aromatic heterocycles. The van der Waals surface area contributed by atoms with E-state index in [1.165, 1.54) is 93.6 Å². The smallest absolute Gasteiger partial charge is 0.151 e. The fourth-order valence-electron chi connectivity index (χ4n) is 14.3. The topological polar surface area (TPSA) is 55.5 Å². The number of hydrogen-bond acceptors (Lipinski definition) is 4. The molecular weight excluding hydrogens is 1250 g/mol. The number of aromatic amines is 1. The van der Waals surface area contributed by atoms with Gasteiger partial charge in [-0.1, -0.05) is 216 Å². The minimum atomic E-state index is 0.849. The van der Waals surface area contributed by atoms with Crippen molar-refractivity contribution in [3.05, 3.63) is 356 Å². The van der Waals surface area contributed by atoms with Gasteiger partial charge in [0.25, 0.3) is 0 Å². The Morgan fingerprint density at radius 1 is 0.258 bits per heavy atom. The van der Waals surface area contributed by atoms with Crippen LogP contribution >= 0.6 is 15.9 Å². The lowest BCUT2D eigenvalue weighted by Gasteiger charge is -2.32. The average molecular weight is 1310 g/mol. The summed E-state index contributed by atoms with van der Waals surface area (Å²) < 4.78 is 20.5. The zero-order valence-corrected chi connectivity index (χ0v) is 54.0. The number of aromatic nitrogens is 4. The number of hydrogen-bond donors (Lipinski definition) is 1. The summed E-state index contributed by atoms with van der Waals surface area (Å²) in [5.41, 5.74) is 21.7. The van der Waals surface area contributed by atoms with Crippen LogP contribution < -0.4 is 19.3 Å². The third kappa shape index (κ3) is 9.98. The highest BCUT2D eigenvalue weighted by Gasteiger charge is 2.28. The van der Waals surface area contributed by atoms with Gasteiger partial charge in [-0.2, -0.15) is 0 Å². The zero-order valence-electron chi connectivity index (χ0n) is 52.4. The van der Waals surface area contributed by atoms with Crippen molar-refractivity contribution in [2.75, 3.05) is 9.80 Å². The molecule has 1 N–H and O–H groups in total. The molecule has 8 nitrogen and oxygen atoms in total. The SMILES string of the molecule is Brc1cccc(N2c3ccccc3Oc3ccccc32)c1.c1ccc(-c2cc3c(ccc4c5ccccc5n(-c5ccc(N6c7ccccc7Oc7ccccc76)cc5)c43)n2-c2ccccc2)cc1.c1ccc(-c2cc3c4[nH]c5ccccc5c4ccc3n2-c2ccccc2)cc1. The molecule has 460 valence electrons. The molecule has 14 aromatic carbocycles. The maximum absolute atomic E-state index is 6.28. The van der Waals surface area contributed by atoms with Crippen LogP contribution in [0.3, 0.4) is 0 Å². The van der Waals surface area contributed by atoms with E-state index in [1.54, 1.807) is 0 Å². The van der Waals surface area contributed by atoms with Gasteiger partial charge in [-0.3, -0.25) is 0 Å². The largest absolute Gasteiger partial charge is 0.453 e. The molecule has 2 aliphatic rings. The highest BCUT2D eigenvalue weighted by molar-refractivity contribution is 9.10.